The molecule has 110 valence electrons. The third-order valence-electron chi connectivity index (χ3n) is 4.09. The number of hydrogen-bond acceptors (Lipinski definition) is 3. The Morgan fingerprint density at radius 2 is 2.00 bits per heavy atom. The summed E-state index contributed by atoms with van der Waals surface area (Å²) in [7, 11) is 0. The van der Waals surface area contributed by atoms with E-state index in [1.54, 1.807) is 0 Å². The zero-order valence-corrected chi connectivity index (χ0v) is 11.2. The molecule has 20 heavy (non-hydrogen) atoms. The first-order valence-corrected chi connectivity index (χ1v) is 7.09. The number of aliphatic hydroxyl groups excluding tert-OH is 1. The van der Waals surface area contributed by atoms with E-state index in [1.165, 1.54) is 12.1 Å². The standard InChI is InChI=1S/C15H19F2NO2/c16-11-3-6-14(13(17)7-11)20-9-15(8-19,10-1-2-10)18-12-4-5-12/h3,6-7,10,12,18-19H,1-2,4-5,8-9H2. The smallest absolute Gasteiger partial charge is 0.167 e. The third kappa shape index (κ3) is 2.94. The van der Waals surface area contributed by atoms with Gasteiger partial charge in [-0.2, -0.15) is 0 Å². The van der Waals surface area contributed by atoms with Crippen molar-refractivity contribution >= 4 is 0 Å². The van der Waals surface area contributed by atoms with Gasteiger partial charge in [0.2, 0.25) is 0 Å². The lowest BCUT2D eigenvalue weighted by Crippen LogP contribution is -2.56. The Hall–Kier alpha value is -1.20. The molecule has 1 aromatic carbocycles. The van der Waals surface area contributed by atoms with Gasteiger partial charge < -0.3 is 15.2 Å². The quantitative estimate of drug-likeness (QED) is 0.806. The van der Waals surface area contributed by atoms with Gasteiger partial charge in [0, 0.05) is 12.1 Å². The Labute approximate surface area is 116 Å². The molecule has 0 radical (unpaired) electrons. The Morgan fingerprint density at radius 1 is 1.25 bits per heavy atom. The van der Waals surface area contributed by atoms with E-state index in [-0.39, 0.29) is 19.0 Å². The fourth-order valence-corrected chi connectivity index (χ4v) is 2.57. The fourth-order valence-electron chi connectivity index (χ4n) is 2.57. The molecule has 0 spiro atoms. The Kier molecular flexibility index (Phi) is 3.65. The summed E-state index contributed by atoms with van der Waals surface area (Å²) in [6.45, 7) is 0.171. The molecule has 0 heterocycles. The maximum Gasteiger partial charge on any atom is 0.167 e. The molecule has 0 aliphatic heterocycles. The normalized spacial score (nSPS) is 21.6. The predicted octanol–water partition coefficient (Wildman–Crippen LogP) is 2.24. The molecule has 2 fully saturated rings. The van der Waals surface area contributed by atoms with Crippen LogP contribution < -0.4 is 10.1 Å². The van der Waals surface area contributed by atoms with E-state index in [0.29, 0.717) is 12.0 Å². The van der Waals surface area contributed by atoms with Crippen molar-refractivity contribution in [2.75, 3.05) is 13.2 Å². The SMILES string of the molecule is OCC(COc1ccc(F)cc1F)(NC1CC1)C1CC1. The highest BCUT2D eigenvalue weighted by molar-refractivity contribution is 5.25. The van der Waals surface area contributed by atoms with Crippen LogP contribution in [0.1, 0.15) is 25.7 Å². The van der Waals surface area contributed by atoms with Crippen LogP contribution in [0.2, 0.25) is 0 Å². The predicted molar refractivity (Wildman–Crippen MR) is 70.6 cm³/mol. The van der Waals surface area contributed by atoms with E-state index in [1.807, 2.05) is 0 Å². The van der Waals surface area contributed by atoms with Gasteiger partial charge in [0.25, 0.3) is 0 Å². The second kappa shape index (κ2) is 5.30. The van der Waals surface area contributed by atoms with Crippen LogP contribution in [0, 0.1) is 17.6 Å². The van der Waals surface area contributed by atoms with Crippen molar-refractivity contribution in [1.82, 2.24) is 5.32 Å². The first kappa shape index (κ1) is 13.8. The fraction of sp³-hybridized carbons (Fsp3) is 0.600. The van der Waals surface area contributed by atoms with Crippen LogP contribution in [0.5, 0.6) is 5.75 Å². The summed E-state index contributed by atoms with van der Waals surface area (Å²) in [5, 5.41) is 13.2. The van der Waals surface area contributed by atoms with E-state index < -0.39 is 17.2 Å². The topological polar surface area (TPSA) is 41.5 Å². The lowest BCUT2D eigenvalue weighted by atomic mass is 9.95. The molecule has 0 saturated heterocycles. The number of aliphatic hydroxyl groups is 1. The third-order valence-corrected chi connectivity index (χ3v) is 4.09. The monoisotopic (exact) mass is 283 g/mol. The number of hydrogen-bond donors (Lipinski definition) is 2. The van der Waals surface area contributed by atoms with Crippen LogP contribution >= 0.6 is 0 Å². The lowest BCUT2D eigenvalue weighted by Gasteiger charge is -2.33. The van der Waals surface area contributed by atoms with Gasteiger partial charge in [-0.15, -0.1) is 0 Å². The van der Waals surface area contributed by atoms with E-state index in [4.69, 9.17) is 4.74 Å². The summed E-state index contributed by atoms with van der Waals surface area (Å²) in [6.07, 6.45) is 4.32. The van der Waals surface area contributed by atoms with Gasteiger partial charge in [0.15, 0.2) is 11.6 Å². The molecule has 0 amide bonds. The summed E-state index contributed by atoms with van der Waals surface area (Å²) in [6, 6.07) is 3.70. The van der Waals surface area contributed by atoms with E-state index in [9.17, 15) is 13.9 Å². The molecular weight excluding hydrogens is 264 g/mol. The van der Waals surface area contributed by atoms with Crippen molar-refractivity contribution in [1.29, 1.82) is 0 Å². The molecule has 1 unspecified atom stereocenters. The minimum Gasteiger partial charge on any atom is -0.488 e. The molecule has 1 aromatic rings. The van der Waals surface area contributed by atoms with Crippen LogP contribution in [0.3, 0.4) is 0 Å². The van der Waals surface area contributed by atoms with Crippen molar-refractivity contribution < 1.29 is 18.6 Å². The molecular formula is C15H19F2NO2. The molecule has 3 nitrogen and oxygen atoms in total. The zero-order chi connectivity index (χ0) is 14.2. The van der Waals surface area contributed by atoms with Crippen LogP contribution in [0.15, 0.2) is 18.2 Å². The van der Waals surface area contributed by atoms with E-state index >= 15 is 0 Å². The molecule has 2 saturated carbocycles. The minimum absolute atomic E-state index is 0.0301. The highest BCUT2D eigenvalue weighted by Gasteiger charge is 2.48. The molecule has 3 rings (SSSR count). The van der Waals surface area contributed by atoms with Crippen LogP contribution in [0.4, 0.5) is 8.78 Å². The Balaban J connectivity index is 1.69. The second-order valence-corrected chi connectivity index (χ2v) is 5.87. The molecule has 1 atom stereocenters. The van der Waals surface area contributed by atoms with E-state index in [2.05, 4.69) is 5.32 Å². The highest BCUT2D eigenvalue weighted by Crippen LogP contribution is 2.41. The first-order valence-electron chi connectivity index (χ1n) is 7.09. The maximum absolute atomic E-state index is 13.6. The summed E-state index contributed by atoms with van der Waals surface area (Å²) in [4.78, 5) is 0. The average molecular weight is 283 g/mol. The van der Waals surface area contributed by atoms with Crippen molar-refractivity contribution in [3.05, 3.63) is 29.8 Å². The van der Waals surface area contributed by atoms with Crippen molar-refractivity contribution in [3.8, 4) is 5.75 Å². The molecule has 0 bridgehead atoms. The summed E-state index contributed by atoms with van der Waals surface area (Å²) in [5.41, 5.74) is -0.498. The summed E-state index contributed by atoms with van der Waals surface area (Å²) in [5.74, 6) is -0.931. The average Bonchev–Trinajstić information content (AvgIpc) is 3.28. The van der Waals surface area contributed by atoms with Gasteiger partial charge in [-0.25, -0.2) is 8.78 Å². The van der Waals surface area contributed by atoms with Crippen molar-refractivity contribution in [2.45, 2.75) is 37.3 Å². The number of nitrogens with one attached hydrogen (secondary N) is 1. The Bertz CT molecular complexity index is 489. The van der Waals surface area contributed by atoms with Crippen LogP contribution in [-0.2, 0) is 0 Å². The van der Waals surface area contributed by atoms with Crippen LogP contribution in [0.25, 0.3) is 0 Å². The molecule has 5 heteroatoms. The molecule has 0 aromatic heterocycles. The number of benzene rings is 1. The van der Waals surface area contributed by atoms with Gasteiger partial charge in [0.05, 0.1) is 12.1 Å². The second-order valence-electron chi connectivity index (χ2n) is 5.87. The summed E-state index contributed by atoms with van der Waals surface area (Å²) >= 11 is 0. The highest BCUT2D eigenvalue weighted by atomic mass is 19.1. The molecule has 2 N–H and O–H groups in total. The van der Waals surface area contributed by atoms with Gasteiger partial charge in [0.1, 0.15) is 12.4 Å². The van der Waals surface area contributed by atoms with Gasteiger partial charge >= 0.3 is 0 Å². The van der Waals surface area contributed by atoms with Gasteiger partial charge in [-0.05, 0) is 43.7 Å². The Morgan fingerprint density at radius 3 is 2.55 bits per heavy atom. The lowest BCUT2D eigenvalue weighted by molar-refractivity contribution is 0.0813. The van der Waals surface area contributed by atoms with Gasteiger partial charge in [-0.1, -0.05) is 0 Å². The largest absolute Gasteiger partial charge is 0.488 e. The molecule has 2 aliphatic carbocycles. The number of halogens is 2. The van der Waals surface area contributed by atoms with Crippen molar-refractivity contribution in [3.63, 3.8) is 0 Å². The first-order chi connectivity index (χ1) is 9.63. The minimum atomic E-state index is -0.709. The number of ether oxygens (including phenoxy) is 1. The van der Waals surface area contributed by atoms with Gasteiger partial charge in [-0.3, -0.25) is 0 Å². The summed E-state index contributed by atoms with van der Waals surface area (Å²) < 4.78 is 31.9. The van der Waals surface area contributed by atoms with Crippen molar-refractivity contribution in [2.24, 2.45) is 5.92 Å². The number of rotatable bonds is 7. The maximum atomic E-state index is 13.6. The van der Waals surface area contributed by atoms with E-state index in [0.717, 1.165) is 31.7 Å². The molecule has 2 aliphatic rings. The zero-order valence-electron chi connectivity index (χ0n) is 11.2. The van der Waals surface area contributed by atoms with Crippen LogP contribution in [-0.4, -0.2) is 29.9 Å².